The van der Waals surface area contributed by atoms with Crippen LogP contribution in [0.15, 0.2) is 30.5 Å². The Labute approximate surface area is 109 Å². The Kier molecular flexibility index (Phi) is 4.13. The van der Waals surface area contributed by atoms with Gasteiger partial charge in [-0.2, -0.15) is 5.10 Å². The van der Waals surface area contributed by atoms with Crippen molar-refractivity contribution in [2.45, 2.75) is 39.7 Å². The van der Waals surface area contributed by atoms with Crippen LogP contribution in [0.2, 0.25) is 0 Å². The first-order chi connectivity index (χ1) is 8.66. The molecule has 2 rings (SSSR count). The second-order valence-electron chi connectivity index (χ2n) is 5.30. The SMILES string of the molecule is CC(C)CCC(C)Nc1nncc2ccccc12. The predicted octanol–water partition coefficient (Wildman–Crippen LogP) is 3.87. The lowest BCUT2D eigenvalue weighted by Gasteiger charge is -2.16. The van der Waals surface area contributed by atoms with E-state index in [0.29, 0.717) is 6.04 Å². The molecule has 96 valence electrons. The van der Waals surface area contributed by atoms with E-state index in [-0.39, 0.29) is 0 Å². The third kappa shape index (κ3) is 3.19. The molecule has 0 aliphatic rings. The third-order valence-corrected chi connectivity index (χ3v) is 3.13. The van der Waals surface area contributed by atoms with Gasteiger partial charge in [-0.05, 0) is 25.7 Å². The van der Waals surface area contributed by atoms with Gasteiger partial charge in [-0.3, -0.25) is 0 Å². The van der Waals surface area contributed by atoms with Gasteiger partial charge in [0.05, 0.1) is 6.20 Å². The highest BCUT2D eigenvalue weighted by Gasteiger charge is 2.07. The molecule has 0 aliphatic heterocycles. The zero-order valence-corrected chi connectivity index (χ0v) is 11.4. The van der Waals surface area contributed by atoms with E-state index < -0.39 is 0 Å². The molecule has 1 aromatic heterocycles. The maximum atomic E-state index is 4.21. The second-order valence-corrected chi connectivity index (χ2v) is 5.30. The summed E-state index contributed by atoms with van der Waals surface area (Å²) in [6.07, 6.45) is 4.19. The van der Waals surface area contributed by atoms with Crippen LogP contribution in [0.3, 0.4) is 0 Å². The average molecular weight is 243 g/mol. The van der Waals surface area contributed by atoms with Gasteiger partial charge in [0.25, 0.3) is 0 Å². The van der Waals surface area contributed by atoms with Crippen LogP contribution in [0.5, 0.6) is 0 Å². The fraction of sp³-hybridized carbons (Fsp3) is 0.467. The zero-order valence-electron chi connectivity index (χ0n) is 11.4. The largest absolute Gasteiger partial charge is 0.366 e. The molecule has 18 heavy (non-hydrogen) atoms. The maximum Gasteiger partial charge on any atom is 0.156 e. The summed E-state index contributed by atoms with van der Waals surface area (Å²) in [6.45, 7) is 6.71. The van der Waals surface area contributed by atoms with Crippen molar-refractivity contribution >= 4 is 16.6 Å². The van der Waals surface area contributed by atoms with Crippen LogP contribution >= 0.6 is 0 Å². The van der Waals surface area contributed by atoms with Gasteiger partial charge in [-0.25, -0.2) is 0 Å². The van der Waals surface area contributed by atoms with Crippen molar-refractivity contribution in [2.24, 2.45) is 5.92 Å². The van der Waals surface area contributed by atoms with E-state index >= 15 is 0 Å². The van der Waals surface area contributed by atoms with Crippen molar-refractivity contribution in [3.8, 4) is 0 Å². The Hall–Kier alpha value is -1.64. The average Bonchev–Trinajstić information content (AvgIpc) is 2.37. The van der Waals surface area contributed by atoms with Crippen LogP contribution < -0.4 is 5.32 Å². The summed E-state index contributed by atoms with van der Waals surface area (Å²) in [4.78, 5) is 0. The van der Waals surface area contributed by atoms with E-state index in [0.717, 1.165) is 28.9 Å². The number of nitrogens with one attached hydrogen (secondary N) is 1. The van der Waals surface area contributed by atoms with E-state index in [1.807, 2.05) is 12.1 Å². The number of aromatic nitrogens is 2. The number of benzene rings is 1. The summed E-state index contributed by atoms with van der Waals surface area (Å²) < 4.78 is 0. The maximum absolute atomic E-state index is 4.21. The van der Waals surface area contributed by atoms with Crippen molar-refractivity contribution in [3.63, 3.8) is 0 Å². The van der Waals surface area contributed by atoms with Crippen molar-refractivity contribution < 1.29 is 0 Å². The van der Waals surface area contributed by atoms with Crippen LogP contribution in [0.1, 0.15) is 33.6 Å². The summed E-state index contributed by atoms with van der Waals surface area (Å²) in [7, 11) is 0. The molecule has 3 nitrogen and oxygen atoms in total. The molecule has 0 radical (unpaired) electrons. The zero-order chi connectivity index (χ0) is 13.0. The monoisotopic (exact) mass is 243 g/mol. The molecular weight excluding hydrogens is 222 g/mol. The molecule has 1 aromatic carbocycles. The molecule has 1 unspecified atom stereocenters. The summed E-state index contributed by atoms with van der Waals surface area (Å²) in [5, 5.41) is 14.0. The smallest absolute Gasteiger partial charge is 0.156 e. The van der Waals surface area contributed by atoms with E-state index in [1.165, 1.54) is 6.42 Å². The van der Waals surface area contributed by atoms with Gasteiger partial charge in [-0.1, -0.05) is 38.1 Å². The summed E-state index contributed by atoms with van der Waals surface area (Å²) in [6, 6.07) is 8.63. The van der Waals surface area contributed by atoms with Crippen molar-refractivity contribution in [1.82, 2.24) is 10.2 Å². The van der Waals surface area contributed by atoms with Crippen molar-refractivity contribution in [1.29, 1.82) is 0 Å². The van der Waals surface area contributed by atoms with Gasteiger partial charge in [0, 0.05) is 16.8 Å². The van der Waals surface area contributed by atoms with E-state index in [4.69, 9.17) is 0 Å². The molecule has 3 heteroatoms. The Bertz CT molecular complexity index is 503. The summed E-state index contributed by atoms with van der Waals surface area (Å²) in [5.74, 6) is 1.64. The van der Waals surface area contributed by atoms with Gasteiger partial charge in [0.1, 0.15) is 0 Å². The van der Waals surface area contributed by atoms with Gasteiger partial charge in [0.15, 0.2) is 5.82 Å². The van der Waals surface area contributed by atoms with Crippen LogP contribution in [-0.2, 0) is 0 Å². The molecule has 0 bridgehead atoms. The Morgan fingerprint density at radius 2 is 1.89 bits per heavy atom. The number of fused-ring (bicyclic) bond motifs is 1. The van der Waals surface area contributed by atoms with Crippen LogP contribution in [0, 0.1) is 5.92 Å². The minimum Gasteiger partial charge on any atom is -0.366 e. The first kappa shape index (κ1) is 12.8. The molecule has 1 heterocycles. The molecule has 0 saturated carbocycles. The molecule has 0 spiro atoms. The quantitative estimate of drug-likeness (QED) is 0.866. The normalized spacial score (nSPS) is 12.9. The molecule has 0 saturated heterocycles. The second kappa shape index (κ2) is 5.80. The van der Waals surface area contributed by atoms with Crippen molar-refractivity contribution in [2.75, 3.05) is 5.32 Å². The summed E-state index contributed by atoms with van der Waals surface area (Å²) in [5.41, 5.74) is 0. The molecule has 0 aliphatic carbocycles. The van der Waals surface area contributed by atoms with Crippen LogP contribution in [0.4, 0.5) is 5.82 Å². The predicted molar refractivity (Wildman–Crippen MR) is 76.7 cm³/mol. The lowest BCUT2D eigenvalue weighted by Crippen LogP contribution is -2.17. The van der Waals surface area contributed by atoms with Crippen LogP contribution in [0.25, 0.3) is 10.8 Å². The standard InChI is InChI=1S/C15H21N3/c1-11(2)8-9-12(3)17-15-14-7-5-4-6-13(14)10-16-18-15/h4-7,10-12H,8-9H2,1-3H3,(H,17,18). The van der Waals surface area contributed by atoms with Crippen molar-refractivity contribution in [3.05, 3.63) is 30.5 Å². The summed E-state index contributed by atoms with van der Waals surface area (Å²) >= 11 is 0. The third-order valence-electron chi connectivity index (χ3n) is 3.13. The number of rotatable bonds is 5. The van der Waals surface area contributed by atoms with Gasteiger partial charge >= 0.3 is 0 Å². The van der Waals surface area contributed by atoms with Gasteiger partial charge in [0.2, 0.25) is 0 Å². The van der Waals surface area contributed by atoms with Crippen LogP contribution in [-0.4, -0.2) is 16.2 Å². The Morgan fingerprint density at radius 1 is 1.11 bits per heavy atom. The minimum absolute atomic E-state index is 0.424. The Balaban J connectivity index is 2.11. The fourth-order valence-electron chi connectivity index (χ4n) is 2.02. The molecule has 0 fully saturated rings. The number of hydrogen-bond donors (Lipinski definition) is 1. The van der Waals surface area contributed by atoms with Gasteiger partial charge in [-0.15, -0.1) is 5.10 Å². The Morgan fingerprint density at radius 3 is 2.67 bits per heavy atom. The first-order valence-electron chi connectivity index (χ1n) is 6.64. The topological polar surface area (TPSA) is 37.8 Å². The van der Waals surface area contributed by atoms with Gasteiger partial charge < -0.3 is 5.32 Å². The molecule has 2 aromatic rings. The molecular formula is C15H21N3. The fourth-order valence-corrected chi connectivity index (χ4v) is 2.02. The van der Waals surface area contributed by atoms with E-state index in [1.54, 1.807) is 6.20 Å². The highest BCUT2D eigenvalue weighted by Crippen LogP contribution is 2.20. The lowest BCUT2D eigenvalue weighted by molar-refractivity contribution is 0.527. The number of hydrogen-bond acceptors (Lipinski definition) is 3. The molecule has 1 N–H and O–H groups in total. The highest BCUT2D eigenvalue weighted by molar-refractivity contribution is 5.90. The highest BCUT2D eigenvalue weighted by atomic mass is 15.2. The lowest BCUT2D eigenvalue weighted by atomic mass is 10.0. The number of nitrogens with zero attached hydrogens (tertiary/aromatic N) is 2. The molecule has 0 amide bonds. The van der Waals surface area contributed by atoms with E-state index in [9.17, 15) is 0 Å². The number of anilines is 1. The van der Waals surface area contributed by atoms with E-state index in [2.05, 4.69) is 48.4 Å². The minimum atomic E-state index is 0.424. The molecule has 1 atom stereocenters. The first-order valence-corrected chi connectivity index (χ1v) is 6.64.